The maximum atomic E-state index is 12.9. The molecular weight excluding hydrogens is 437 g/mol. The number of piperazine rings is 1. The summed E-state index contributed by atoms with van der Waals surface area (Å²) in [6.07, 6.45) is -2.53. The van der Waals surface area contributed by atoms with Gasteiger partial charge in [-0.05, 0) is 48.9 Å². The lowest BCUT2D eigenvalue weighted by Gasteiger charge is -2.35. The van der Waals surface area contributed by atoms with Crippen LogP contribution in [-0.4, -0.2) is 61.5 Å². The Hall–Kier alpha value is -3.23. The highest BCUT2D eigenvalue weighted by molar-refractivity contribution is 5.96. The van der Waals surface area contributed by atoms with Crippen molar-refractivity contribution in [3.05, 3.63) is 59.2 Å². The Bertz CT molecular complexity index is 969. The first-order valence-electron chi connectivity index (χ1n) is 10.8. The van der Waals surface area contributed by atoms with E-state index in [0.717, 1.165) is 25.0 Å². The van der Waals surface area contributed by atoms with Crippen LogP contribution >= 0.6 is 0 Å². The number of hydrogen-bond donors (Lipinski definition) is 0. The van der Waals surface area contributed by atoms with Crippen LogP contribution in [0.25, 0.3) is 0 Å². The van der Waals surface area contributed by atoms with Crippen LogP contribution in [0.5, 0.6) is 11.5 Å². The van der Waals surface area contributed by atoms with E-state index in [1.807, 2.05) is 0 Å². The maximum Gasteiger partial charge on any atom is 0.416 e. The third-order valence-electron chi connectivity index (χ3n) is 5.48. The number of halogens is 3. The number of nitrogens with zero attached hydrogens (tertiary/aromatic N) is 2. The van der Waals surface area contributed by atoms with Gasteiger partial charge >= 0.3 is 6.18 Å². The van der Waals surface area contributed by atoms with Crippen LogP contribution in [0.3, 0.4) is 0 Å². The summed E-state index contributed by atoms with van der Waals surface area (Å²) in [7, 11) is 1.52. The van der Waals surface area contributed by atoms with Crippen molar-refractivity contribution in [2.45, 2.75) is 25.9 Å². The fourth-order valence-corrected chi connectivity index (χ4v) is 3.53. The van der Waals surface area contributed by atoms with Crippen LogP contribution < -0.4 is 9.47 Å². The molecule has 3 rings (SSSR count). The molecule has 1 aliphatic rings. The molecule has 6 nitrogen and oxygen atoms in total. The third kappa shape index (κ3) is 5.97. The Kier molecular flexibility index (Phi) is 7.84. The zero-order chi connectivity index (χ0) is 24.0. The van der Waals surface area contributed by atoms with E-state index in [2.05, 4.69) is 6.92 Å². The number of carbonyl (C=O) groups is 2. The molecule has 2 aromatic rings. The van der Waals surface area contributed by atoms with Crippen molar-refractivity contribution in [1.29, 1.82) is 0 Å². The van der Waals surface area contributed by atoms with E-state index in [0.29, 0.717) is 49.8 Å². The molecule has 1 aliphatic heterocycles. The highest BCUT2D eigenvalue weighted by Crippen LogP contribution is 2.30. The summed E-state index contributed by atoms with van der Waals surface area (Å²) < 4.78 is 49.2. The number of hydrogen-bond acceptors (Lipinski definition) is 4. The predicted molar refractivity (Wildman–Crippen MR) is 117 cm³/mol. The molecule has 0 unspecified atom stereocenters. The van der Waals surface area contributed by atoms with Gasteiger partial charge in [-0.1, -0.05) is 13.3 Å². The molecule has 1 heterocycles. The Morgan fingerprint density at radius 3 is 1.94 bits per heavy atom. The quantitative estimate of drug-likeness (QED) is 0.567. The second-order valence-electron chi connectivity index (χ2n) is 7.73. The average Bonchev–Trinajstić information content (AvgIpc) is 2.83. The third-order valence-corrected chi connectivity index (χ3v) is 5.48. The molecule has 2 aromatic carbocycles. The number of methoxy groups -OCH3 is 1. The maximum absolute atomic E-state index is 12.9. The molecule has 178 valence electrons. The normalized spacial score (nSPS) is 14.2. The van der Waals surface area contributed by atoms with Gasteiger partial charge in [0, 0.05) is 37.3 Å². The number of ether oxygens (including phenoxy) is 2. The first-order chi connectivity index (χ1) is 15.7. The molecule has 0 spiro atoms. The summed E-state index contributed by atoms with van der Waals surface area (Å²) in [5.41, 5.74) is -0.157. The van der Waals surface area contributed by atoms with Crippen molar-refractivity contribution in [3.63, 3.8) is 0 Å². The summed E-state index contributed by atoms with van der Waals surface area (Å²) in [4.78, 5) is 28.8. The van der Waals surface area contributed by atoms with Crippen LogP contribution in [0.15, 0.2) is 42.5 Å². The standard InChI is InChI=1S/C24H27F3N2O4/c1-3-4-15-33-20-10-7-18(16-21(20)32-2)23(31)29-13-11-28(12-14-29)22(30)17-5-8-19(9-6-17)24(25,26)27/h5-10,16H,3-4,11-15H2,1-2H3. The van der Waals surface area contributed by atoms with Gasteiger partial charge in [0.25, 0.3) is 11.8 Å². The predicted octanol–water partition coefficient (Wildman–Crippen LogP) is 4.49. The minimum atomic E-state index is -4.45. The zero-order valence-electron chi connectivity index (χ0n) is 18.7. The molecule has 0 N–H and O–H groups in total. The molecular formula is C24H27F3N2O4. The number of carbonyl (C=O) groups excluding carboxylic acids is 2. The first kappa shape index (κ1) is 24.4. The van der Waals surface area contributed by atoms with Crippen LogP contribution in [0.1, 0.15) is 46.0 Å². The topological polar surface area (TPSA) is 59.1 Å². The minimum absolute atomic E-state index is 0.185. The van der Waals surface area contributed by atoms with E-state index in [1.165, 1.54) is 24.1 Å². The average molecular weight is 464 g/mol. The van der Waals surface area contributed by atoms with Gasteiger partial charge in [-0.2, -0.15) is 13.2 Å². The van der Waals surface area contributed by atoms with Crippen LogP contribution in [0, 0.1) is 0 Å². The van der Waals surface area contributed by atoms with Crippen molar-refractivity contribution in [2.75, 3.05) is 39.9 Å². The fourth-order valence-electron chi connectivity index (χ4n) is 3.53. The second-order valence-corrected chi connectivity index (χ2v) is 7.73. The number of benzene rings is 2. The molecule has 0 saturated carbocycles. The summed E-state index contributed by atoms with van der Waals surface area (Å²) in [5, 5.41) is 0. The Balaban J connectivity index is 1.60. The van der Waals surface area contributed by atoms with Gasteiger partial charge in [0.2, 0.25) is 0 Å². The molecule has 1 saturated heterocycles. The van der Waals surface area contributed by atoms with Crippen molar-refractivity contribution in [3.8, 4) is 11.5 Å². The van der Waals surface area contributed by atoms with Gasteiger partial charge in [-0.15, -0.1) is 0 Å². The van der Waals surface area contributed by atoms with E-state index >= 15 is 0 Å². The number of unbranched alkanes of at least 4 members (excludes halogenated alkanes) is 1. The summed E-state index contributed by atoms with van der Waals surface area (Å²) in [6.45, 7) is 3.86. The smallest absolute Gasteiger partial charge is 0.416 e. The molecule has 9 heteroatoms. The van der Waals surface area contributed by atoms with Crippen molar-refractivity contribution in [2.24, 2.45) is 0 Å². The lowest BCUT2D eigenvalue weighted by atomic mass is 10.1. The van der Waals surface area contributed by atoms with Crippen LogP contribution in [0.2, 0.25) is 0 Å². The zero-order valence-corrected chi connectivity index (χ0v) is 18.7. The largest absolute Gasteiger partial charge is 0.493 e. The monoisotopic (exact) mass is 464 g/mol. The van der Waals surface area contributed by atoms with E-state index in [9.17, 15) is 22.8 Å². The number of rotatable bonds is 7. The van der Waals surface area contributed by atoms with Gasteiger partial charge < -0.3 is 19.3 Å². The number of amides is 2. The summed E-state index contributed by atoms with van der Waals surface area (Å²) >= 11 is 0. The SMILES string of the molecule is CCCCOc1ccc(C(=O)N2CCN(C(=O)c3ccc(C(F)(F)F)cc3)CC2)cc1OC. The molecule has 0 aromatic heterocycles. The van der Waals surface area contributed by atoms with Gasteiger partial charge in [-0.3, -0.25) is 9.59 Å². The highest BCUT2D eigenvalue weighted by Gasteiger charge is 2.31. The van der Waals surface area contributed by atoms with E-state index in [1.54, 1.807) is 23.1 Å². The Labute approximate surface area is 190 Å². The molecule has 0 atom stereocenters. The van der Waals surface area contributed by atoms with Crippen molar-refractivity contribution < 1.29 is 32.2 Å². The van der Waals surface area contributed by atoms with Crippen molar-refractivity contribution in [1.82, 2.24) is 9.80 Å². The van der Waals surface area contributed by atoms with Crippen LogP contribution in [-0.2, 0) is 6.18 Å². The molecule has 33 heavy (non-hydrogen) atoms. The van der Waals surface area contributed by atoms with Gasteiger partial charge in [0.1, 0.15) is 0 Å². The van der Waals surface area contributed by atoms with Crippen molar-refractivity contribution >= 4 is 11.8 Å². The summed E-state index contributed by atoms with van der Waals surface area (Å²) in [5.74, 6) is 0.517. The number of alkyl halides is 3. The molecule has 1 fully saturated rings. The lowest BCUT2D eigenvalue weighted by Crippen LogP contribution is -2.50. The van der Waals surface area contributed by atoms with E-state index < -0.39 is 11.7 Å². The van der Waals surface area contributed by atoms with Gasteiger partial charge in [-0.25, -0.2) is 0 Å². The Morgan fingerprint density at radius 2 is 1.42 bits per heavy atom. The minimum Gasteiger partial charge on any atom is -0.493 e. The van der Waals surface area contributed by atoms with E-state index in [-0.39, 0.29) is 17.4 Å². The Morgan fingerprint density at radius 1 is 0.879 bits per heavy atom. The first-order valence-corrected chi connectivity index (χ1v) is 10.8. The molecule has 2 amide bonds. The fraction of sp³-hybridized carbons (Fsp3) is 0.417. The van der Waals surface area contributed by atoms with Gasteiger partial charge in [0.05, 0.1) is 19.3 Å². The van der Waals surface area contributed by atoms with Gasteiger partial charge in [0.15, 0.2) is 11.5 Å². The molecule has 0 aliphatic carbocycles. The highest BCUT2D eigenvalue weighted by atomic mass is 19.4. The summed E-state index contributed by atoms with van der Waals surface area (Å²) in [6, 6.07) is 9.20. The lowest BCUT2D eigenvalue weighted by molar-refractivity contribution is -0.137. The van der Waals surface area contributed by atoms with Crippen LogP contribution in [0.4, 0.5) is 13.2 Å². The molecule has 0 radical (unpaired) electrons. The second kappa shape index (κ2) is 10.6. The van der Waals surface area contributed by atoms with E-state index in [4.69, 9.17) is 9.47 Å². The molecule has 0 bridgehead atoms.